The summed E-state index contributed by atoms with van der Waals surface area (Å²) in [5.41, 5.74) is 1.58. The molecular weight excluding hydrogens is 332 g/mol. The SMILES string of the molecule is COc1ccccc1N=C1NC(=O)C(=Cc2ccc(Cl)cc2)S1. The van der Waals surface area contributed by atoms with Gasteiger partial charge in [-0.3, -0.25) is 4.79 Å². The Morgan fingerprint density at radius 3 is 2.65 bits per heavy atom. The topological polar surface area (TPSA) is 50.7 Å². The number of thioether (sulfide) groups is 1. The van der Waals surface area contributed by atoms with Crippen LogP contribution in [0.1, 0.15) is 5.56 Å². The molecule has 0 aliphatic carbocycles. The van der Waals surface area contributed by atoms with Gasteiger partial charge in [-0.1, -0.05) is 35.9 Å². The second-order valence-electron chi connectivity index (χ2n) is 4.71. The highest BCUT2D eigenvalue weighted by molar-refractivity contribution is 8.18. The summed E-state index contributed by atoms with van der Waals surface area (Å²) in [5, 5.41) is 3.95. The molecular formula is C17H13ClN2O2S. The molecule has 23 heavy (non-hydrogen) atoms. The predicted molar refractivity (Wildman–Crippen MR) is 95.3 cm³/mol. The van der Waals surface area contributed by atoms with Crippen LogP contribution in [0.2, 0.25) is 5.02 Å². The van der Waals surface area contributed by atoms with Crippen LogP contribution in [-0.2, 0) is 4.79 Å². The van der Waals surface area contributed by atoms with E-state index in [1.807, 2.05) is 36.4 Å². The van der Waals surface area contributed by atoms with Crippen molar-refractivity contribution in [1.82, 2.24) is 5.32 Å². The van der Waals surface area contributed by atoms with Crippen LogP contribution in [0.15, 0.2) is 58.4 Å². The Morgan fingerprint density at radius 2 is 1.91 bits per heavy atom. The van der Waals surface area contributed by atoms with E-state index in [1.165, 1.54) is 11.8 Å². The number of carbonyl (C=O) groups is 1. The Morgan fingerprint density at radius 1 is 1.17 bits per heavy atom. The van der Waals surface area contributed by atoms with Crippen LogP contribution in [0.25, 0.3) is 6.08 Å². The van der Waals surface area contributed by atoms with Gasteiger partial charge in [0, 0.05) is 5.02 Å². The van der Waals surface area contributed by atoms with Gasteiger partial charge in [-0.15, -0.1) is 0 Å². The van der Waals surface area contributed by atoms with Crippen LogP contribution in [0, 0.1) is 0 Å². The van der Waals surface area contributed by atoms with Crippen molar-refractivity contribution in [3.63, 3.8) is 0 Å². The van der Waals surface area contributed by atoms with Crippen LogP contribution >= 0.6 is 23.4 Å². The molecule has 1 aliphatic rings. The van der Waals surface area contributed by atoms with Crippen molar-refractivity contribution in [1.29, 1.82) is 0 Å². The molecule has 0 aromatic heterocycles. The fourth-order valence-electron chi connectivity index (χ4n) is 2.02. The van der Waals surface area contributed by atoms with Gasteiger partial charge in [-0.25, -0.2) is 4.99 Å². The van der Waals surface area contributed by atoms with E-state index >= 15 is 0 Å². The summed E-state index contributed by atoms with van der Waals surface area (Å²) in [6.45, 7) is 0. The Balaban J connectivity index is 1.84. The molecule has 0 atom stereocenters. The number of halogens is 1. The number of methoxy groups -OCH3 is 1. The third-order valence-corrected chi connectivity index (χ3v) is 4.29. The molecule has 1 heterocycles. The summed E-state index contributed by atoms with van der Waals surface area (Å²) in [4.78, 5) is 17.1. The van der Waals surface area contributed by atoms with Gasteiger partial charge in [0.1, 0.15) is 11.4 Å². The Kier molecular flexibility index (Phi) is 4.69. The third-order valence-electron chi connectivity index (χ3n) is 3.13. The van der Waals surface area contributed by atoms with E-state index < -0.39 is 0 Å². The number of ether oxygens (including phenoxy) is 1. The number of aliphatic imine (C=N–C) groups is 1. The van der Waals surface area contributed by atoms with Gasteiger partial charge in [0.25, 0.3) is 5.91 Å². The first-order valence-corrected chi connectivity index (χ1v) is 8.03. The molecule has 0 spiro atoms. The second-order valence-corrected chi connectivity index (χ2v) is 6.17. The summed E-state index contributed by atoms with van der Waals surface area (Å²) in [6, 6.07) is 14.7. The molecule has 1 amide bonds. The molecule has 3 rings (SSSR count). The first-order valence-electron chi connectivity index (χ1n) is 6.84. The van der Waals surface area contributed by atoms with Gasteiger partial charge < -0.3 is 10.1 Å². The number of carbonyl (C=O) groups excluding carboxylic acids is 1. The van der Waals surface area contributed by atoms with Crippen molar-refractivity contribution in [3.8, 4) is 5.75 Å². The molecule has 2 aromatic carbocycles. The smallest absolute Gasteiger partial charge is 0.264 e. The highest BCUT2D eigenvalue weighted by Crippen LogP contribution is 2.31. The highest BCUT2D eigenvalue weighted by Gasteiger charge is 2.24. The molecule has 0 radical (unpaired) electrons. The first-order chi connectivity index (χ1) is 11.2. The average molecular weight is 345 g/mol. The standard InChI is InChI=1S/C17H13ClN2O2S/c1-22-14-5-3-2-4-13(14)19-17-20-16(21)15(23-17)10-11-6-8-12(18)9-7-11/h2-10H,1H3,(H,19,20,21). The summed E-state index contributed by atoms with van der Waals surface area (Å²) < 4.78 is 5.26. The molecule has 1 N–H and O–H groups in total. The first kappa shape index (κ1) is 15.6. The van der Waals surface area contributed by atoms with E-state index in [-0.39, 0.29) is 5.91 Å². The maximum Gasteiger partial charge on any atom is 0.264 e. The Bertz CT molecular complexity index is 800. The number of amidine groups is 1. The molecule has 2 aromatic rings. The van der Waals surface area contributed by atoms with Crippen molar-refractivity contribution in [2.45, 2.75) is 0 Å². The number of rotatable bonds is 3. The van der Waals surface area contributed by atoms with Crippen molar-refractivity contribution >= 4 is 46.2 Å². The van der Waals surface area contributed by atoms with Gasteiger partial charge in [-0.2, -0.15) is 0 Å². The minimum absolute atomic E-state index is 0.168. The number of amides is 1. The second kappa shape index (κ2) is 6.89. The van der Waals surface area contributed by atoms with Crippen LogP contribution in [0.4, 0.5) is 5.69 Å². The monoisotopic (exact) mass is 344 g/mol. The van der Waals surface area contributed by atoms with E-state index in [0.29, 0.717) is 26.5 Å². The summed E-state index contributed by atoms with van der Waals surface area (Å²) in [6.07, 6.45) is 1.81. The zero-order valence-corrected chi connectivity index (χ0v) is 13.8. The molecule has 0 bridgehead atoms. The molecule has 0 unspecified atom stereocenters. The lowest BCUT2D eigenvalue weighted by molar-refractivity contribution is -0.115. The summed E-state index contributed by atoms with van der Waals surface area (Å²) in [7, 11) is 1.59. The van der Waals surface area contributed by atoms with E-state index in [9.17, 15) is 4.79 Å². The molecule has 0 saturated carbocycles. The van der Waals surface area contributed by atoms with E-state index in [0.717, 1.165) is 5.56 Å². The van der Waals surface area contributed by atoms with E-state index in [2.05, 4.69) is 10.3 Å². The summed E-state index contributed by atoms with van der Waals surface area (Å²) in [5.74, 6) is 0.489. The Labute approximate surface area is 143 Å². The molecule has 116 valence electrons. The molecule has 1 saturated heterocycles. The van der Waals surface area contributed by atoms with Crippen LogP contribution < -0.4 is 10.1 Å². The van der Waals surface area contributed by atoms with E-state index in [1.54, 1.807) is 25.3 Å². The van der Waals surface area contributed by atoms with Crippen molar-refractivity contribution in [3.05, 3.63) is 64.0 Å². The largest absolute Gasteiger partial charge is 0.494 e. The number of para-hydroxylation sites is 2. The minimum Gasteiger partial charge on any atom is -0.494 e. The van der Waals surface area contributed by atoms with Crippen molar-refractivity contribution < 1.29 is 9.53 Å². The molecule has 1 fully saturated rings. The fourth-order valence-corrected chi connectivity index (χ4v) is 2.98. The lowest BCUT2D eigenvalue weighted by Gasteiger charge is -2.03. The number of nitrogens with one attached hydrogen (secondary N) is 1. The highest BCUT2D eigenvalue weighted by atomic mass is 35.5. The maximum atomic E-state index is 12.1. The minimum atomic E-state index is -0.168. The number of hydrogen-bond acceptors (Lipinski definition) is 4. The lowest BCUT2D eigenvalue weighted by Crippen LogP contribution is -2.19. The maximum absolute atomic E-state index is 12.1. The lowest BCUT2D eigenvalue weighted by atomic mass is 10.2. The van der Waals surface area contributed by atoms with E-state index in [4.69, 9.17) is 16.3 Å². The van der Waals surface area contributed by atoms with Gasteiger partial charge in [-0.05, 0) is 47.7 Å². The zero-order valence-electron chi connectivity index (χ0n) is 12.2. The quantitative estimate of drug-likeness (QED) is 0.847. The molecule has 1 aliphatic heterocycles. The average Bonchev–Trinajstić information content (AvgIpc) is 2.89. The van der Waals surface area contributed by atoms with Gasteiger partial charge in [0.05, 0.1) is 12.0 Å². The van der Waals surface area contributed by atoms with Crippen molar-refractivity contribution in [2.75, 3.05) is 7.11 Å². The zero-order chi connectivity index (χ0) is 16.2. The van der Waals surface area contributed by atoms with Gasteiger partial charge >= 0.3 is 0 Å². The predicted octanol–water partition coefficient (Wildman–Crippen LogP) is 4.24. The van der Waals surface area contributed by atoms with Crippen molar-refractivity contribution in [2.24, 2.45) is 4.99 Å². The molecule has 6 heteroatoms. The van der Waals surface area contributed by atoms with Gasteiger partial charge in [0.2, 0.25) is 0 Å². The fraction of sp³-hybridized carbons (Fsp3) is 0.0588. The normalized spacial score (nSPS) is 17.6. The third kappa shape index (κ3) is 3.75. The van der Waals surface area contributed by atoms with Crippen LogP contribution in [0.3, 0.4) is 0 Å². The number of nitrogens with zero attached hydrogens (tertiary/aromatic N) is 1. The van der Waals surface area contributed by atoms with Gasteiger partial charge in [0.15, 0.2) is 5.17 Å². The van der Waals surface area contributed by atoms with Crippen LogP contribution in [0.5, 0.6) is 5.75 Å². The number of benzene rings is 2. The summed E-state index contributed by atoms with van der Waals surface area (Å²) >= 11 is 7.16. The van der Waals surface area contributed by atoms with Crippen LogP contribution in [-0.4, -0.2) is 18.2 Å². The molecule has 4 nitrogen and oxygen atoms in total. The number of hydrogen-bond donors (Lipinski definition) is 1. The Hall–Kier alpha value is -2.24.